The Morgan fingerprint density at radius 3 is 2.04 bits per heavy atom. The minimum absolute atomic E-state index is 0.141. The molecule has 8 heteroatoms. The molecule has 2 amide bonds. The van der Waals surface area contributed by atoms with Crippen LogP contribution in [0.3, 0.4) is 0 Å². The number of nitrogens with one attached hydrogen (secondary N) is 3. The van der Waals surface area contributed by atoms with Crippen LogP contribution < -0.4 is 15.4 Å². The molecule has 0 unspecified atom stereocenters. The molecule has 0 aromatic heterocycles. The molecule has 25 heavy (non-hydrogen) atoms. The van der Waals surface area contributed by atoms with Gasteiger partial charge in [0.2, 0.25) is 21.8 Å². The second-order valence-corrected chi connectivity index (χ2v) is 7.13. The number of benzene rings is 2. The first-order valence-corrected chi connectivity index (χ1v) is 8.99. The van der Waals surface area contributed by atoms with Crippen LogP contribution in [0.2, 0.25) is 0 Å². The van der Waals surface area contributed by atoms with Crippen molar-refractivity contribution in [1.82, 2.24) is 4.72 Å². The second-order valence-electron chi connectivity index (χ2n) is 5.40. The average Bonchev–Trinajstić information content (AvgIpc) is 2.55. The minimum atomic E-state index is -3.76. The van der Waals surface area contributed by atoms with Gasteiger partial charge in [-0.1, -0.05) is 18.2 Å². The zero-order valence-corrected chi connectivity index (χ0v) is 14.7. The number of anilines is 2. The first-order valence-electron chi connectivity index (χ1n) is 7.51. The molecule has 0 radical (unpaired) electrons. The SMILES string of the molecule is CC(=O)Nc1ccc(NC(=O)CNS(=O)(=O)c2ccccc2C)cc1. The van der Waals surface area contributed by atoms with Crippen molar-refractivity contribution in [2.45, 2.75) is 18.7 Å². The first-order chi connectivity index (χ1) is 11.8. The van der Waals surface area contributed by atoms with E-state index >= 15 is 0 Å². The number of rotatable bonds is 6. The largest absolute Gasteiger partial charge is 0.326 e. The topological polar surface area (TPSA) is 104 Å². The molecule has 0 bridgehead atoms. The maximum atomic E-state index is 12.2. The molecule has 2 rings (SSSR count). The van der Waals surface area contributed by atoms with Gasteiger partial charge in [0.15, 0.2) is 0 Å². The third kappa shape index (κ3) is 5.40. The highest BCUT2D eigenvalue weighted by atomic mass is 32.2. The fourth-order valence-corrected chi connectivity index (χ4v) is 3.37. The summed E-state index contributed by atoms with van der Waals surface area (Å²) in [5.41, 5.74) is 1.70. The summed E-state index contributed by atoms with van der Waals surface area (Å²) in [4.78, 5) is 23.0. The molecule has 2 aromatic rings. The highest BCUT2D eigenvalue weighted by Gasteiger charge is 2.17. The molecule has 0 spiro atoms. The summed E-state index contributed by atoms with van der Waals surface area (Å²) in [6, 6.07) is 13.0. The van der Waals surface area contributed by atoms with E-state index in [0.717, 1.165) is 0 Å². The quantitative estimate of drug-likeness (QED) is 0.730. The van der Waals surface area contributed by atoms with Gasteiger partial charge in [0, 0.05) is 18.3 Å². The first kappa shape index (κ1) is 18.6. The molecule has 0 aliphatic rings. The Balaban J connectivity index is 1.94. The van der Waals surface area contributed by atoms with E-state index in [1.54, 1.807) is 49.4 Å². The van der Waals surface area contributed by atoms with E-state index in [2.05, 4.69) is 15.4 Å². The van der Waals surface area contributed by atoms with Crippen molar-refractivity contribution in [3.05, 3.63) is 54.1 Å². The summed E-state index contributed by atoms with van der Waals surface area (Å²) in [7, 11) is -3.76. The van der Waals surface area contributed by atoms with Crippen LogP contribution in [0.15, 0.2) is 53.4 Å². The molecule has 0 saturated carbocycles. The molecule has 0 heterocycles. The van der Waals surface area contributed by atoms with Gasteiger partial charge in [0.1, 0.15) is 0 Å². The molecule has 0 atom stereocenters. The number of sulfonamides is 1. The van der Waals surface area contributed by atoms with Crippen molar-refractivity contribution < 1.29 is 18.0 Å². The fraction of sp³-hybridized carbons (Fsp3) is 0.176. The third-order valence-electron chi connectivity index (χ3n) is 3.29. The van der Waals surface area contributed by atoms with E-state index in [-0.39, 0.29) is 17.3 Å². The fourth-order valence-electron chi connectivity index (χ4n) is 2.14. The van der Waals surface area contributed by atoms with Crippen molar-refractivity contribution in [3.63, 3.8) is 0 Å². The monoisotopic (exact) mass is 361 g/mol. The number of aryl methyl sites for hydroxylation is 1. The molecule has 0 aliphatic carbocycles. The molecular formula is C17H19N3O4S. The number of carbonyl (C=O) groups excluding carboxylic acids is 2. The van der Waals surface area contributed by atoms with Gasteiger partial charge < -0.3 is 10.6 Å². The van der Waals surface area contributed by atoms with Gasteiger partial charge in [0.05, 0.1) is 11.4 Å². The summed E-state index contributed by atoms with van der Waals surface area (Å²) < 4.78 is 26.7. The highest BCUT2D eigenvalue weighted by molar-refractivity contribution is 7.89. The van der Waals surface area contributed by atoms with E-state index in [9.17, 15) is 18.0 Å². The smallest absolute Gasteiger partial charge is 0.241 e. The minimum Gasteiger partial charge on any atom is -0.326 e. The van der Waals surface area contributed by atoms with E-state index in [0.29, 0.717) is 16.9 Å². The second kappa shape index (κ2) is 7.91. The van der Waals surface area contributed by atoms with Gasteiger partial charge in [-0.15, -0.1) is 0 Å². The van der Waals surface area contributed by atoms with Gasteiger partial charge in [0.25, 0.3) is 0 Å². The lowest BCUT2D eigenvalue weighted by Gasteiger charge is -2.10. The Morgan fingerprint density at radius 1 is 0.920 bits per heavy atom. The standard InChI is InChI=1S/C17H19N3O4S/c1-12-5-3-4-6-16(12)25(23,24)18-11-17(22)20-15-9-7-14(8-10-15)19-13(2)21/h3-10,18H,11H2,1-2H3,(H,19,21)(H,20,22). The van der Waals surface area contributed by atoms with Crippen LogP contribution in [0.5, 0.6) is 0 Å². The number of amides is 2. The molecule has 7 nitrogen and oxygen atoms in total. The normalized spacial score (nSPS) is 11.0. The predicted molar refractivity (Wildman–Crippen MR) is 95.7 cm³/mol. The van der Waals surface area contributed by atoms with Gasteiger partial charge in [-0.2, -0.15) is 0 Å². The predicted octanol–water partition coefficient (Wildman–Crippen LogP) is 1.87. The molecule has 0 aliphatic heterocycles. The number of carbonyl (C=O) groups is 2. The van der Waals surface area contributed by atoms with Gasteiger partial charge >= 0.3 is 0 Å². The van der Waals surface area contributed by atoms with Crippen LogP contribution in [-0.4, -0.2) is 26.8 Å². The maximum absolute atomic E-state index is 12.2. The zero-order chi connectivity index (χ0) is 18.4. The zero-order valence-electron chi connectivity index (χ0n) is 13.9. The van der Waals surface area contributed by atoms with E-state index in [4.69, 9.17) is 0 Å². The van der Waals surface area contributed by atoms with Crippen LogP contribution in [0.4, 0.5) is 11.4 Å². The Labute approximate surface area is 146 Å². The Kier molecular flexibility index (Phi) is 5.89. The van der Waals surface area contributed by atoms with Crippen LogP contribution in [0.1, 0.15) is 12.5 Å². The van der Waals surface area contributed by atoms with E-state index in [1.165, 1.54) is 13.0 Å². The van der Waals surface area contributed by atoms with Gasteiger partial charge in [-0.3, -0.25) is 9.59 Å². The number of hydrogen-bond acceptors (Lipinski definition) is 4. The van der Waals surface area contributed by atoms with Crippen molar-refractivity contribution >= 4 is 33.2 Å². The lowest BCUT2D eigenvalue weighted by atomic mass is 10.2. The Morgan fingerprint density at radius 2 is 1.48 bits per heavy atom. The summed E-state index contributed by atoms with van der Waals surface area (Å²) in [6.45, 7) is 2.70. The summed E-state index contributed by atoms with van der Waals surface area (Å²) in [5, 5.41) is 5.19. The van der Waals surface area contributed by atoms with Crippen molar-refractivity contribution in [1.29, 1.82) is 0 Å². The molecular weight excluding hydrogens is 342 g/mol. The highest BCUT2D eigenvalue weighted by Crippen LogP contribution is 2.15. The van der Waals surface area contributed by atoms with Gasteiger partial charge in [-0.05, 0) is 42.8 Å². The number of hydrogen-bond donors (Lipinski definition) is 3. The van der Waals surface area contributed by atoms with Crippen LogP contribution in [-0.2, 0) is 19.6 Å². The molecule has 3 N–H and O–H groups in total. The molecule has 0 saturated heterocycles. The Bertz CT molecular complexity index is 877. The van der Waals surface area contributed by atoms with Crippen LogP contribution in [0, 0.1) is 6.92 Å². The lowest BCUT2D eigenvalue weighted by molar-refractivity contribution is -0.115. The molecule has 0 fully saturated rings. The van der Waals surface area contributed by atoms with Crippen LogP contribution in [0.25, 0.3) is 0 Å². The van der Waals surface area contributed by atoms with Crippen LogP contribution >= 0.6 is 0 Å². The summed E-state index contributed by atoms with van der Waals surface area (Å²) in [6.07, 6.45) is 0. The van der Waals surface area contributed by atoms with E-state index in [1.807, 2.05) is 0 Å². The lowest BCUT2D eigenvalue weighted by Crippen LogP contribution is -2.33. The van der Waals surface area contributed by atoms with Crippen molar-refractivity contribution in [2.75, 3.05) is 17.2 Å². The van der Waals surface area contributed by atoms with E-state index < -0.39 is 15.9 Å². The van der Waals surface area contributed by atoms with Gasteiger partial charge in [-0.25, -0.2) is 13.1 Å². The summed E-state index contributed by atoms with van der Waals surface area (Å²) >= 11 is 0. The third-order valence-corrected chi connectivity index (χ3v) is 4.86. The average molecular weight is 361 g/mol. The molecule has 2 aromatic carbocycles. The van der Waals surface area contributed by atoms with Crippen molar-refractivity contribution in [2.24, 2.45) is 0 Å². The Hall–Kier alpha value is -2.71. The maximum Gasteiger partial charge on any atom is 0.241 e. The summed E-state index contributed by atoms with van der Waals surface area (Å²) in [5.74, 6) is -0.688. The molecule has 132 valence electrons. The van der Waals surface area contributed by atoms with Crippen molar-refractivity contribution in [3.8, 4) is 0 Å².